The van der Waals surface area contributed by atoms with Crippen LogP contribution in [0, 0.1) is 17.6 Å². The summed E-state index contributed by atoms with van der Waals surface area (Å²) < 4.78 is 78.7. The highest BCUT2D eigenvalue weighted by Crippen LogP contribution is 2.31. The molecule has 0 saturated heterocycles. The van der Waals surface area contributed by atoms with Gasteiger partial charge in [-0.1, -0.05) is 0 Å². The molecular weight excluding hydrogens is 364 g/mol. The van der Waals surface area contributed by atoms with Crippen molar-refractivity contribution in [3.63, 3.8) is 0 Å². The molecule has 3 nitrogen and oxygen atoms in total. The highest BCUT2D eigenvalue weighted by Gasteiger charge is 2.35. The van der Waals surface area contributed by atoms with Gasteiger partial charge in [0.05, 0.1) is 11.1 Å². The first-order valence-corrected chi connectivity index (χ1v) is 7.10. The Balaban J connectivity index is 1.97. The molecule has 0 bridgehead atoms. The number of carbonyl (C=O) groups is 2. The van der Waals surface area contributed by atoms with E-state index in [-0.39, 0.29) is 11.3 Å². The molecule has 0 saturated carbocycles. The Kier molecular flexibility index (Phi) is 4.17. The molecule has 1 aromatic carbocycles. The van der Waals surface area contributed by atoms with Crippen molar-refractivity contribution in [1.29, 1.82) is 0 Å². The highest BCUT2D eigenvalue weighted by atomic mass is 19.4. The molecule has 0 unspecified atom stereocenters. The Bertz CT molecular complexity index is 978. The molecule has 0 amide bonds. The lowest BCUT2D eigenvalue weighted by molar-refractivity contribution is -0.140. The van der Waals surface area contributed by atoms with Gasteiger partial charge >= 0.3 is 6.18 Å². The fourth-order valence-electron chi connectivity index (χ4n) is 2.58. The van der Waals surface area contributed by atoms with Gasteiger partial charge in [0.2, 0.25) is 5.95 Å². The Morgan fingerprint density at radius 3 is 2.08 bits per heavy atom. The number of fused-ring (bicyclic) bond motifs is 1. The van der Waals surface area contributed by atoms with E-state index < -0.39 is 58.4 Å². The predicted octanol–water partition coefficient (Wildman–Crippen LogP) is 4.07. The maximum atomic E-state index is 13.9. The number of benzene rings is 1. The number of nitrogens with zero attached hydrogens (tertiary/aromatic N) is 1. The van der Waals surface area contributed by atoms with E-state index in [2.05, 4.69) is 4.98 Å². The summed E-state index contributed by atoms with van der Waals surface area (Å²) in [5.41, 5.74) is -3.67. The number of aromatic nitrogens is 1. The number of alkyl halides is 3. The maximum Gasteiger partial charge on any atom is 0.420 e. The summed E-state index contributed by atoms with van der Waals surface area (Å²) in [5, 5.41) is 0. The monoisotopic (exact) mass is 371 g/mol. The Hall–Kier alpha value is -2.97. The van der Waals surface area contributed by atoms with Crippen LogP contribution in [0.4, 0.5) is 26.3 Å². The van der Waals surface area contributed by atoms with Crippen LogP contribution in [0.3, 0.4) is 0 Å². The van der Waals surface area contributed by atoms with E-state index in [9.17, 15) is 35.9 Å². The number of rotatable bonds is 2. The van der Waals surface area contributed by atoms with E-state index in [1.54, 1.807) is 0 Å². The quantitative estimate of drug-likeness (QED) is 0.591. The molecule has 1 aromatic heterocycles. The maximum absolute atomic E-state index is 13.9. The van der Waals surface area contributed by atoms with Gasteiger partial charge in [-0.25, -0.2) is 13.8 Å². The molecule has 0 N–H and O–H groups in total. The first-order chi connectivity index (χ1) is 12.1. The van der Waals surface area contributed by atoms with Gasteiger partial charge in [-0.15, -0.1) is 0 Å². The number of ketones is 2. The smallest absolute Gasteiger partial charge is 0.289 e. The summed E-state index contributed by atoms with van der Waals surface area (Å²) in [4.78, 5) is 27.4. The van der Waals surface area contributed by atoms with E-state index in [0.29, 0.717) is 18.2 Å². The van der Waals surface area contributed by atoms with Gasteiger partial charge in [-0.05, 0) is 30.3 Å². The zero-order valence-electron chi connectivity index (χ0n) is 12.6. The van der Waals surface area contributed by atoms with Crippen LogP contribution in [-0.4, -0.2) is 16.6 Å². The van der Waals surface area contributed by atoms with Crippen LogP contribution in [0.25, 0.3) is 0 Å². The van der Waals surface area contributed by atoms with Crippen LogP contribution in [0.1, 0.15) is 32.0 Å². The molecule has 1 aliphatic rings. The topological polar surface area (TPSA) is 47.0 Å². The van der Waals surface area contributed by atoms with Crippen molar-refractivity contribution >= 4 is 11.6 Å². The molecule has 0 radical (unpaired) electrons. The summed E-state index contributed by atoms with van der Waals surface area (Å²) in [7, 11) is 0. The van der Waals surface area contributed by atoms with E-state index in [4.69, 9.17) is 0 Å². The molecule has 0 fully saturated rings. The summed E-state index contributed by atoms with van der Waals surface area (Å²) in [6.07, 6.45) is -4.72. The van der Waals surface area contributed by atoms with E-state index in [0.717, 1.165) is 12.1 Å². The van der Waals surface area contributed by atoms with Crippen molar-refractivity contribution in [2.75, 3.05) is 0 Å². The van der Waals surface area contributed by atoms with Crippen LogP contribution in [0.5, 0.6) is 0 Å². The largest absolute Gasteiger partial charge is 0.420 e. The Morgan fingerprint density at radius 1 is 0.885 bits per heavy atom. The van der Waals surface area contributed by atoms with Crippen molar-refractivity contribution in [2.24, 2.45) is 0 Å². The lowest BCUT2D eigenvalue weighted by Gasteiger charge is -2.16. The predicted molar refractivity (Wildman–Crippen MR) is 76.0 cm³/mol. The summed E-state index contributed by atoms with van der Waals surface area (Å²) in [6, 6.07) is 2.66. The number of Topliss-reactive ketones (excluding diaryl/α,β-unsaturated/α-hetero) is 1. The van der Waals surface area contributed by atoms with Crippen LogP contribution in [0.15, 0.2) is 35.9 Å². The van der Waals surface area contributed by atoms with E-state index >= 15 is 0 Å². The third kappa shape index (κ3) is 3.00. The molecule has 1 heterocycles. The standard InChI is InChI=1S/C17H7F6NO2/c18-10-3-4-11(19)14-13(10)12(25)6-7(15(14)26)5-8-1-2-9(16(20)24-8)17(21,22)23/h1-4,6H,5H2. The zero-order chi connectivity index (χ0) is 19.2. The molecule has 134 valence electrons. The third-order valence-corrected chi connectivity index (χ3v) is 3.76. The molecule has 1 aliphatic carbocycles. The molecule has 0 spiro atoms. The fraction of sp³-hybridized carbons (Fsp3) is 0.118. The van der Waals surface area contributed by atoms with Crippen molar-refractivity contribution in [3.05, 3.63) is 75.9 Å². The summed E-state index contributed by atoms with van der Waals surface area (Å²) in [6.45, 7) is 0. The molecule has 0 aliphatic heterocycles. The minimum atomic E-state index is -4.94. The first-order valence-electron chi connectivity index (χ1n) is 7.10. The van der Waals surface area contributed by atoms with Gasteiger partial charge in [0.25, 0.3) is 0 Å². The summed E-state index contributed by atoms with van der Waals surface area (Å²) in [5.74, 6) is -5.97. The average Bonchev–Trinajstić information content (AvgIpc) is 2.53. The van der Waals surface area contributed by atoms with Gasteiger partial charge < -0.3 is 0 Å². The van der Waals surface area contributed by atoms with Crippen molar-refractivity contribution in [3.8, 4) is 0 Å². The van der Waals surface area contributed by atoms with Crippen molar-refractivity contribution in [2.45, 2.75) is 12.6 Å². The van der Waals surface area contributed by atoms with Crippen LogP contribution in [0.2, 0.25) is 0 Å². The fourth-order valence-corrected chi connectivity index (χ4v) is 2.58. The number of hydrogen-bond donors (Lipinski definition) is 0. The van der Waals surface area contributed by atoms with Gasteiger partial charge in [-0.3, -0.25) is 9.59 Å². The van der Waals surface area contributed by atoms with Gasteiger partial charge in [0.15, 0.2) is 11.6 Å². The Morgan fingerprint density at radius 2 is 1.50 bits per heavy atom. The van der Waals surface area contributed by atoms with Crippen LogP contribution < -0.4 is 0 Å². The number of carbonyl (C=O) groups excluding carboxylic acids is 2. The lowest BCUT2D eigenvalue weighted by Crippen LogP contribution is -2.22. The van der Waals surface area contributed by atoms with Crippen molar-refractivity contribution < 1.29 is 35.9 Å². The Labute approximate surface area is 142 Å². The van der Waals surface area contributed by atoms with E-state index in [1.165, 1.54) is 0 Å². The number of allylic oxidation sites excluding steroid dienone is 2. The molecule has 3 rings (SSSR count). The van der Waals surface area contributed by atoms with E-state index in [1.807, 2.05) is 0 Å². The zero-order valence-corrected chi connectivity index (χ0v) is 12.6. The molecule has 26 heavy (non-hydrogen) atoms. The van der Waals surface area contributed by atoms with Crippen molar-refractivity contribution in [1.82, 2.24) is 4.98 Å². The second-order valence-electron chi connectivity index (χ2n) is 5.46. The third-order valence-electron chi connectivity index (χ3n) is 3.76. The van der Waals surface area contributed by atoms with Gasteiger partial charge in [0.1, 0.15) is 17.2 Å². The first kappa shape index (κ1) is 17.8. The van der Waals surface area contributed by atoms with Crippen LogP contribution in [-0.2, 0) is 12.6 Å². The lowest BCUT2D eigenvalue weighted by atomic mass is 9.87. The molecule has 2 aromatic rings. The van der Waals surface area contributed by atoms with Crippen LogP contribution >= 0.6 is 0 Å². The number of hydrogen-bond acceptors (Lipinski definition) is 3. The van der Waals surface area contributed by atoms with Gasteiger partial charge in [-0.2, -0.15) is 17.6 Å². The van der Waals surface area contributed by atoms with Gasteiger partial charge in [0, 0.05) is 17.7 Å². The minimum Gasteiger partial charge on any atom is -0.289 e. The molecule has 9 heteroatoms. The number of pyridine rings is 1. The summed E-state index contributed by atoms with van der Waals surface area (Å²) >= 11 is 0. The highest BCUT2D eigenvalue weighted by molar-refractivity contribution is 6.24. The average molecular weight is 371 g/mol. The molecule has 0 atom stereocenters. The second kappa shape index (κ2) is 6.08. The minimum absolute atomic E-state index is 0.275. The normalized spacial score (nSPS) is 14.3. The second-order valence-corrected chi connectivity index (χ2v) is 5.46. The SMILES string of the molecule is O=C1C=C(Cc2ccc(C(F)(F)F)c(F)n2)C(=O)c2c(F)ccc(F)c21. The number of halogens is 6. The molecular formula is C17H7F6NO2.